The predicted octanol–water partition coefficient (Wildman–Crippen LogP) is 3.49. The van der Waals surface area contributed by atoms with Crippen LogP contribution in [0, 0.1) is 19.8 Å². The van der Waals surface area contributed by atoms with Crippen molar-refractivity contribution in [1.29, 1.82) is 0 Å². The van der Waals surface area contributed by atoms with E-state index in [1.165, 1.54) is 11.2 Å². The van der Waals surface area contributed by atoms with Crippen molar-refractivity contribution in [3.8, 4) is 5.69 Å². The molecule has 2 amide bonds. The van der Waals surface area contributed by atoms with Gasteiger partial charge in [-0.25, -0.2) is 13.1 Å². The Hall–Kier alpha value is -3.50. The quantitative estimate of drug-likeness (QED) is 0.544. The molecule has 4 rings (SSSR count). The van der Waals surface area contributed by atoms with Crippen LogP contribution in [0.1, 0.15) is 31.2 Å². The third kappa shape index (κ3) is 5.28. The number of benzene rings is 2. The Morgan fingerprint density at radius 3 is 2.06 bits per heavy atom. The molecule has 0 aliphatic carbocycles. The molecule has 3 aromatic rings. The van der Waals surface area contributed by atoms with E-state index in [4.69, 9.17) is 0 Å². The zero-order chi connectivity index (χ0) is 25.2. The lowest BCUT2D eigenvalue weighted by Crippen LogP contribution is -2.41. The van der Waals surface area contributed by atoms with Crippen LogP contribution >= 0.6 is 0 Å². The smallest absolute Gasteiger partial charge is 0.246 e. The van der Waals surface area contributed by atoms with Crippen LogP contribution in [-0.4, -0.2) is 47.4 Å². The number of aryl methyl sites for hydroxylation is 1. The summed E-state index contributed by atoms with van der Waals surface area (Å²) in [5.74, 6) is -0.592. The van der Waals surface area contributed by atoms with Gasteiger partial charge in [-0.2, -0.15) is 9.40 Å². The molecule has 1 aliphatic heterocycles. The molecular formula is C25H29N5O4S. The Kier molecular flexibility index (Phi) is 7.04. The number of rotatable bonds is 6. The summed E-state index contributed by atoms with van der Waals surface area (Å²) in [6.07, 6.45) is 0.861. The molecule has 0 atom stereocenters. The van der Waals surface area contributed by atoms with Gasteiger partial charge in [-0.1, -0.05) is 18.2 Å². The van der Waals surface area contributed by atoms with Crippen molar-refractivity contribution < 1.29 is 18.0 Å². The van der Waals surface area contributed by atoms with Crippen molar-refractivity contribution in [2.24, 2.45) is 5.92 Å². The van der Waals surface area contributed by atoms with Gasteiger partial charge in [0.1, 0.15) is 4.90 Å². The first-order valence-corrected chi connectivity index (χ1v) is 12.9. The SMILES string of the molecule is CC(=O)Nc1ccc(NC(=O)C2CCN(S(=O)(=O)c3c(C)nn(-c4ccccc4)c3C)CC2)cc1. The van der Waals surface area contributed by atoms with Gasteiger partial charge in [0.25, 0.3) is 0 Å². The van der Waals surface area contributed by atoms with Gasteiger partial charge >= 0.3 is 0 Å². The molecule has 2 heterocycles. The van der Waals surface area contributed by atoms with Crippen LogP contribution in [0.2, 0.25) is 0 Å². The highest BCUT2D eigenvalue weighted by Gasteiger charge is 2.35. The number of hydrogen-bond acceptors (Lipinski definition) is 5. The summed E-state index contributed by atoms with van der Waals surface area (Å²) in [5.41, 5.74) is 3.09. The van der Waals surface area contributed by atoms with Crippen LogP contribution in [-0.2, 0) is 19.6 Å². The molecule has 1 saturated heterocycles. The molecule has 10 heteroatoms. The number of aromatic nitrogens is 2. The van der Waals surface area contributed by atoms with Gasteiger partial charge in [-0.05, 0) is 63.1 Å². The molecule has 0 spiro atoms. The maximum atomic E-state index is 13.5. The van der Waals surface area contributed by atoms with Gasteiger partial charge in [0.15, 0.2) is 0 Å². The number of hydrogen-bond donors (Lipinski definition) is 2. The summed E-state index contributed by atoms with van der Waals surface area (Å²) >= 11 is 0. The molecule has 1 fully saturated rings. The first-order valence-electron chi connectivity index (χ1n) is 11.5. The molecule has 0 unspecified atom stereocenters. The number of sulfonamides is 1. The summed E-state index contributed by atoms with van der Waals surface area (Å²) in [7, 11) is -3.75. The lowest BCUT2D eigenvalue weighted by atomic mass is 9.97. The fraction of sp³-hybridized carbons (Fsp3) is 0.320. The van der Waals surface area contributed by atoms with E-state index >= 15 is 0 Å². The average Bonchev–Trinajstić information content (AvgIpc) is 3.15. The number of nitrogens with zero attached hydrogens (tertiary/aromatic N) is 3. The summed E-state index contributed by atoms with van der Waals surface area (Å²) in [4.78, 5) is 24.1. The van der Waals surface area contributed by atoms with E-state index < -0.39 is 10.0 Å². The number of para-hydroxylation sites is 1. The number of piperidine rings is 1. The van der Waals surface area contributed by atoms with Crippen molar-refractivity contribution in [3.63, 3.8) is 0 Å². The van der Waals surface area contributed by atoms with Gasteiger partial charge < -0.3 is 10.6 Å². The average molecular weight is 496 g/mol. The summed E-state index contributed by atoms with van der Waals surface area (Å²) in [5, 5.41) is 10.0. The van der Waals surface area contributed by atoms with Gasteiger partial charge in [-0.3, -0.25) is 9.59 Å². The van der Waals surface area contributed by atoms with Gasteiger partial charge in [0.2, 0.25) is 21.8 Å². The number of nitrogens with one attached hydrogen (secondary N) is 2. The molecule has 2 aromatic carbocycles. The van der Waals surface area contributed by atoms with Crippen LogP contribution in [0.15, 0.2) is 59.5 Å². The molecule has 184 valence electrons. The topological polar surface area (TPSA) is 113 Å². The Balaban J connectivity index is 1.41. The zero-order valence-corrected chi connectivity index (χ0v) is 20.8. The number of amides is 2. The van der Waals surface area contributed by atoms with Crippen molar-refractivity contribution in [2.45, 2.75) is 38.5 Å². The predicted molar refractivity (Wildman–Crippen MR) is 134 cm³/mol. The van der Waals surface area contributed by atoms with Crippen molar-refractivity contribution in [2.75, 3.05) is 23.7 Å². The summed E-state index contributed by atoms with van der Waals surface area (Å²) in [6.45, 7) is 5.42. The Morgan fingerprint density at radius 1 is 0.914 bits per heavy atom. The number of carbonyl (C=O) groups is 2. The van der Waals surface area contributed by atoms with Crippen molar-refractivity contribution >= 4 is 33.2 Å². The van der Waals surface area contributed by atoms with E-state index in [1.807, 2.05) is 30.3 Å². The van der Waals surface area contributed by atoms with E-state index in [0.29, 0.717) is 35.6 Å². The van der Waals surface area contributed by atoms with E-state index in [0.717, 1.165) is 5.69 Å². The molecule has 9 nitrogen and oxygen atoms in total. The number of anilines is 2. The first-order chi connectivity index (χ1) is 16.7. The van der Waals surface area contributed by atoms with Crippen molar-refractivity contribution in [3.05, 3.63) is 66.0 Å². The third-order valence-corrected chi connectivity index (χ3v) is 8.27. The summed E-state index contributed by atoms with van der Waals surface area (Å²) in [6, 6.07) is 16.3. The Morgan fingerprint density at radius 2 is 1.49 bits per heavy atom. The van der Waals surface area contributed by atoms with Crippen LogP contribution < -0.4 is 10.6 Å². The van der Waals surface area contributed by atoms with Gasteiger partial charge in [0.05, 0.1) is 17.1 Å². The van der Waals surface area contributed by atoms with E-state index in [2.05, 4.69) is 15.7 Å². The largest absolute Gasteiger partial charge is 0.326 e. The molecule has 0 saturated carbocycles. The molecule has 1 aliphatic rings. The zero-order valence-electron chi connectivity index (χ0n) is 20.0. The second-order valence-corrected chi connectivity index (χ2v) is 10.5. The maximum absolute atomic E-state index is 13.5. The van der Waals surface area contributed by atoms with Crippen LogP contribution in [0.4, 0.5) is 11.4 Å². The molecule has 1 aromatic heterocycles. The van der Waals surface area contributed by atoms with E-state index in [-0.39, 0.29) is 35.7 Å². The third-order valence-electron chi connectivity index (χ3n) is 6.12. The Labute approximate surface area is 205 Å². The fourth-order valence-corrected chi connectivity index (χ4v) is 6.22. The van der Waals surface area contributed by atoms with E-state index in [1.54, 1.807) is 42.8 Å². The van der Waals surface area contributed by atoms with Crippen LogP contribution in [0.25, 0.3) is 5.69 Å². The normalized spacial score (nSPS) is 15.1. The Bertz CT molecular complexity index is 1330. The van der Waals surface area contributed by atoms with Gasteiger partial charge in [0, 0.05) is 37.3 Å². The minimum Gasteiger partial charge on any atom is -0.326 e. The monoisotopic (exact) mass is 495 g/mol. The van der Waals surface area contributed by atoms with Crippen LogP contribution in [0.3, 0.4) is 0 Å². The van der Waals surface area contributed by atoms with Crippen LogP contribution in [0.5, 0.6) is 0 Å². The highest BCUT2D eigenvalue weighted by molar-refractivity contribution is 7.89. The minimum absolute atomic E-state index is 0.140. The van der Waals surface area contributed by atoms with Crippen molar-refractivity contribution in [1.82, 2.24) is 14.1 Å². The highest BCUT2D eigenvalue weighted by atomic mass is 32.2. The molecule has 0 bridgehead atoms. The summed E-state index contributed by atoms with van der Waals surface area (Å²) < 4.78 is 30.1. The maximum Gasteiger partial charge on any atom is 0.246 e. The minimum atomic E-state index is -3.75. The molecule has 0 radical (unpaired) electrons. The fourth-order valence-electron chi connectivity index (χ4n) is 4.39. The molecular weight excluding hydrogens is 466 g/mol. The second-order valence-electron chi connectivity index (χ2n) is 8.67. The first kappa shape index (κ1) is 24.6. The van der Waals surface area contributed by atoms with Gasteiger partial charge in [-0.15, -0.1) is 0 Å². The lowest BCUT2D eigenvalue weighted by Gasteiger charge is -2.30. The standard InChI is InChI=1S/C25H29N5O4S/c1-17-24(18(2)30(28-17)23-7-5-4-6-8-23)35(33,34)29-15-13-20(14-16-29)25(32)27-22-11-9-21(10-12-22)26-19(3)31/h4-12,20H,13-16H2,1-3H3,(H,26,31)(H,27,32). The van der Waals surface area contributed by atoms with E-state index in [9.17, 15) is 18.0 Å². The lowest BCUT2D eigenvalue weighted by molar-refractivity contribution is -0.121. The highest BCUT2D eigenvalue weighted by Crippen LogP contribution is 2.29. The molecule has 35 heavy (non-hydrogen) atoms. The number of carbonyl (C=O) groups excluding carboxylic acids is 2. The molecule has 2 N–H and O–H groups in total. The second kappa shape index (κ2) is 10.0.